The molecule has 3 aromatic rings. The van der Waals surface area contributed by atoms with Gasteiger partial charge in [0.1, 0.15) is 0 Å². The first-order valence-corrected chi connectivity index (χ1v) is 13.3. The maximum absolute atomic E-state index is 11.7. The Kier molecular flexibility index (Phi) is 6.04. The summed E-state index contributed by atoms with van der Waals surface area (Å²) >= 11 is 0. The fraction of sp³-hybridized carbons (Fsp3) is 0.344. The second-order valence-corrected chi connectivity index (χ2v) is 10.8. The van der Waals surface area contributed by atoms with Crippen LogP contribution in [-0.2, 0) is 14.9 Å². The maximum atomic E-state index is 11.7. The van der Waals surface area contributed by atoms with Gasteiger partial charge in [0.25, 0.3) is 0 Å². The number of hydrogen-bond acceptors (Lipinski definition) is 4. The van der Waals surface area contributed by atoms with Gasteiger partial charge in [0.2, 0.25) is 0 Å². The Bertz CT molecular complexity index is 1250. The van der Waals surface area contributed by atoms with E-state index in [-0.39, 0.29) is 5.97 Å². The first-order chi connectivity index (χ1) is 17.6. The molecule has 4 nitrogen and oxygen atoms in total. The average Bonchev–Trinajstić information content (AvgIpc) is 3.29. The highest BCUT2D eigenvalue weighted by Gasteiger charge is 2.58. The summed E-state index contributed by atoms with van der Waals surface area (Å²) in [6.45, 7) is 2.17. The summed E-state index contributed by atoms with van der Waals surface area (Å²) in [7, 11) is 0. The molecule has 0 saturated heterocycles. The molecule has 4 aliphatic rings. The first kappa shape index (κ1) is 22.9. The van der Waals surface area contributed by atoms with Gasteiger partial charge < -0.3 is 15.4 Å². The predicted octanol–water partition coefficient (Wildman–Crippen LogP) is 7.83. The van der Waals surface area contributed by atoms with Crippen LogP contribution >= 0.6 is 0 Å². The van der Waals surface area contributed by atoms with Gasteiger partial charge in [-0.05, 0) is 122 Å². The third-order valence-electron chi connectivity index (χ3n) is 8.55. The molecule has 0 amide bonds. The highest BCUT2D eigenvalue weighted by molar-refractivity contribution is 5.88. The molecule has 0 aliphatic heterocycles. The molecule has 0 radical (unpaired) electrons. The van der Waals surface area contributed by atoms with Crippen molar-refractivity contribution in [2.75, 3.05) is 17.2 Å². The van der Waals surface area contributed by atoms with Crippen LogP contribution in [0.4, 0.5) is 22.7 Å². The lowest BCUT2D eigenvalue weighted by atomic mass is 9.71. The lowest BCUT2D eigenvalue weighted by Crippen LogP contribution is -2.27. The van der Waals surface area contributed by atoms with E-state index in [1.54, 1.807) is 18.6 Å². The number of benzene rings is 3. The number of esters is 1. The Morgan fingerprint density at radius 2 is 1.47 bits per heavy atom. The molecule has 184 valence electrons. The molecule has 2 unspecified atom stereocenters. The molecule has 4 saturated carbocycles. The van der Waals surface area contributed by atoms with E-state index in [0.717, 1.165) is 46.1 Å². The minimum atomic E-state index is -0.335. The molecular weight excluding hydrogens is 444 g/mol. The van der Waals surface area contributed by atoms with Crippen LogP contribution in [0.15, 0.2) is 78.9 Å². The van der Waals surface area contributed by atoms with Crippen LogP contribution in [0.2, 0.25) is 0 Å². The van der Waals surface area contributed by atoms with Crippen molar-refractivity contribution in [3.8, 4) is 0 Å². The van der Waals surface area contributed by atoms with Crippen molar-refractivity contribution in [3.63, 3.8) is 0 Å². The van der Waals surface area contributed by atoms with Crippen LogP contribution in [-0.4, -0.2) is 12.6 Å². The number of rotatable bonds is 8. The summed E-state index contributed by atoms with van der Waals surface area (Å²) in [5, 5.41) is 7.01. The third kappa shape index (κ3) is 4.41. The van der Waals surface area contributed by atoms with Crippen LogP contribution in [0, 0.1) is 17.8 Å². The molecule has 7 rings (SSSR count). The summed E-state index contributed by atoms with van der Waals surface area (Å²) in [4.78, 5) is 11.7. The largest absolute Gasteiger partial charge is 0.463 e. The Morgan fingerprint density at radius 1 is 0.861 bits per heavy atom. The highest BCUT2D eigenvalue weighted by atomic mass is 16.5. The van der Waals surface area contributed by atoms with Gasteiger partial charge in [0.15, 0.2) is 0 Å². The zero-order valence-electron chi connectivity index (χ0n) is 20.9. The molecule has 3 aromatic carbocycles. The molecular formula is C32H34N2O2. The standard InChI is InChI=1S/C32H34N2O2/c1-2-36-31(35)16-7-24-5-3-4-6-30(24)34-29-14-12-28(13-15-29)33-27-10-8-25(9-11-27)32-20-22-17-23(21-32)19-26(32)18-22/h3-16,22-23,26,33-34H,2,17-21H2,1H3/b16-7+. The number of hydrogen-bond donors (Lipinski definition) is 2. The van der Waals surface area contributed by atoms with E-state index in [1.807, 2.05) is 24.3 Å². The van der Waals surface area contributed by atoms with Gasteiger partial charge in [-0.3, -0.25) is 0 Å². The van der Waals surface area contributed by atoms with Gasteiger partial charge in [0.05, 0.1) is 6.61 Å². The second kappa shape index (κ2) is 9.50. The van der Waals surface area contributed by atoms with Crippen LogP contribution in [0.1, 0.15) is 50.2 Å². The summed E-state index contributed by atoms with van der Waals surface area (Å²) < 4.78 is 4.99. The molecule has 0 heterocycles. The highest BCUT2D eigenvalue weighted by Crippen LogP contribution is 2.65. The molecule has 4 fully saturated rings. The van der Waals surface area contributed by atoms with E-state index in [4.69, 9.17) is 4.74 Å². The molecule has 4 bridgehead atoms. The lowest BCUT2D eigenvalue weighted by Gasteiger charge is -2.33. The van der Waals surface area contributed by atoms with Gasteiger partial charge >= 0.3 is 5.97 Å². The Morgan fingerprint density at radius 3 is 2.14 bits per heavy atom. The van der Waals surface area contributed by atoms with Crippen LogP contribution in [0.3, 0.4) is 0 Å². The molecule has 2 atom stereocenters. The average molecular weight is 479 g/mol. The topological polar surface area (TPSA) is 50.4 Å². The Balaban J connectivity index is 1.10. The van der Waals surface area contributed by atoms with Crippen molar-refractivity contribution in [2.45, 2.75) is 44.4 Å². The number of carbonyl (C=O) groups excluding carboxylic acids is 1. The normalized spacial score (nSPS) is 25.9. The van der Waals surface area contributed by atoms with E-state index in [1.165, 1.54) is 38.2 Å². The zero-order valence-corrected chi connectivity index (χ0v) is 20.9. The molecule has 4 heteroatoms. The van der Waals surface area contributed by atoms with Crippen molar-refractivity contribution in [3.05, 3.63) is 90.0 Å². The van der Waals surface area contributed by atoms with E-state index >= 15 is 0 Å². The fourth-order valence-electron chi connectivity index (χ4n) is 7.22. The predicted molar refractivity (Wildman–Crippen MR) is 147 cm³/mol. The minimum absolute atomic E-state index is 0.335. The number of anilines is 4. The van der Waals surface area contributed by atoms with Crippen molar-refractivity contribution in [1.82, 2.24) is 0 Å². The first-order valence-electron chi connectivity index (χ1n) is 13.3. The van der Waals surface area contributed by atoms with Crippen molar-refractivity contribution in [2.24, 2.45) is 17.8 Å². The van der Waals surface area contributed by atoms with Crippen molar-refractivity contribution >= 4 is 34.8 Å². The van der Waals surface area contributed by atoms with E-state index in [9.17, 15) is 4.79 Å². The number of para-hydroxylation sites is 1. The quantitative estimate of drug-likeness (QED) is 0.256. The second-order valence-electron chi connectivity index (χ2n) is 10.8. The van der Waals surface area contributed by atoms with Gasteiger partial charge in [-0.1, -0.05) is 30.3 Å². The summed E-state index contributed by atoms with van der Waals surface area (Å²) in [5.74, 6) is 2.55. The molecule has 36 heavy (non-hydrogen) atoms. The lowest BCUT2D eigenvalue weighted by molar-refractivity contribution is -0.137. The number of nitrogens with one attached hydrogen (secondary N) is 2. The van der Waals surface area contributed by atoms with E-state index < -0.39 is 0 Å². The molecule has 0 aromatic heterocycles. The van der Waals surface area contributed by atoms with Gasteiger partial charge in [-0.15, -0.1) is 0 Å². The summed E-state index contributed by atoms with van der Waals surface area (Å²) in [5.41, 5.74) is 7.07. The van der Waals surface area contributed by atoms with Crippen molar-refractivity contribution < 1.29 is 9.53 Å². The van der Waals surface area contributed by atoms with Gasteiger partial charge in [-0.25, -0.2) is 4.79 Å². The van der Waals surface area contributed by atoms with Crippen molar-refractivity contribution in [1.29, 1.82) is 0 Å². The van der Waals surface area contributed by atoms with E-state index in [2.05, 4.69) is 59.2 Å². The monoisotopic (exact) mass is 478 g/mol. The fourth-order valence-corrected chi connectivity index (χ4v) is 7.22. The van der Waals surface area contributed by atoms with Crippen LogP contribution in [0.25, 0.3) is 6.08 Å². The van der Waals surface area contributed by atoms with E-state index in [0.29, 0.717) is 12.0 Å². The Hall–Kier alpha value is -3.53. The smallest absolute Gasteiger partial charge is 0.330 e. The molecule has 2 N–H and O–H groups in total. The zero-order chi connectivity index (χ0) is 24.5. The minimum Gasteiger partial charge on any atom is -0.463 e. The summed E-state index contributed by atoms with van der Waals surface area (Å²) in [6, 6.07) is 25.5. The number of ether oxygens (including phenoxy) is 1. The molecule has 4 aliphatic carbocycles. The Labute approximate surface area is 213 Å². The van der Waals surface area contributed by atoms with Gasteiger partial charge in [-0.2, -0.15) is 0 Å². The van der Waals surface area contributed by atoms with Crippen LogP contribution < -0.4 is 10.6 Å². The van der Waals surface area contributed by atoms with Crippen LogP contribution in [0.5, 0.6) is 0 Å². The third-order valence-corrected chi connectivity index (χ3v) is 8.55. The maximum Gasteiger partial charge on any atom is 0.330 e. The van der Waals surface area contributed by atoms with Gasteiger partial charge in [0, 0.05) is 28.8 Å². The number of carbonyl (C=O) groups is 1. The summed E-state index contributed by atoms with van der Waals surface area (Å²) in [6.07, 6.45) is 10.5. The molecule has 0 spiro atoms. The SMILES string of the molecule is CCOC(=O)/C=C/c1ccccc1Nc1ccc(Nc2ccc(C34CC5CC(CC3C5)C4)cc2)cc1.